The van der Waals surface area contributed by atoms with E-state index >= 15 is 0 Å². The summed E-state index contributed by atoms with van der Waals surface area (Å²) in [5.74, 6) is 0.997. The van der Waals surface area contributed by atoms with Crippen LogP contribution in [0.4, 0.5) is 5.82 Å². The molecule has 0 saturated heterocycles. The van der Waals surface area contributed by atoms with Gasteiger partial charge in [-0.2, -0.15) is 0 Å². The van der Waals surface area contributed by atoms with Crippen molar-refractivity contribution in [2.45, 2.75) is 12.8 Å². The van der Waals surface area contributed by atoms with E-state index in [1.54, 1.807) is 7.11 Å². The lowest BCUT2D eigenvalue weighted by Gasteiger charge is -2.17. The van der Waals surface area contributed by atoms with Gasteiger partial charge in [0, 0.05) is 33.5 Å². The maximum absolute atomic E-state index is 5.49. The van der Waals surface area contributed by atoms with E-state index in [1.165, 1.54) is 5.56 Å². The zero-order chi connectivity index (χ0) is 11.8. The highest BCUT2D eigenvalue weighted by atomic mass is 16.5. The third kappa shape index (κ3) is 4.16. The first-order valence-electron chi connectivity index (χ1n) is 5.63. The van der Waals surface area contributed by atoms with E-state index < -0.39 is 0 Å². The van der Waals surface area contributed by atoms with Crippen LogP contribution in [0.5, 0.6) is 0 Å². The fraction of sp³-hybridized carbons (Fsp3) is 0.583. The Morgan fingerprint density at radius 3 is 2.81 bits per heavy atom. The van der Waals surface area contributed by atoms with Gasteiger partial charge in [-0.25, -0.2) is 4.98 Å². The zero-order valence-electron chi connectivity index (χ0n) is 10.1. The van der Waals surface area contributed by atoms with Crippen LogP contribution in [0.1, 0.15) is 12.0 Å². The third-order valence-corrected chi connectivity index (χ3v) is 2.48. The van der Waals surface area contributed by atoms with Crippen LogP contribution in [0, 0.1) is 0 Å². The number of nitrogens with two attached hydrogens (primary N) is 1. The van der Waals surface area contributed by atoms with Crippen molar-refractivity contribution in [3.05, 3.63) is 23.9 Å². The van der Waals surface area contributed by atoms with Crippen molar-refractivity contribution in [1.82, 2.24) is 4.98 Å². The summed E-state index contributed by atoms with van der Waals surface area (Å²) < 4.78 is 5.02. The van der Waals surface area contributed by atoms with Gasteiger partial charge < -0.3 is 15.4 Å². The van der Waals surface area contributed by atoms with Crippen molar-refractivity contribution < 1.29 is 4.74 Å². The van der Waals surface area contributed by atoms with Gasteiger partial charge in [-0.1, -0.05) is 6.07 Å². The fourth-order valence-corrected chi connectivity index (χ4v) is 1.52. The number of pyridine rings is 1. The minimum Gasteiger partial charge on any atom is -0.385 e. The van der Waals surface area contributed by atoms with Crippen LogP contribution in [0.3, 0.4) is 0 Å². The average molecular weight is 223 g/mol. The van der Waals surface area contributed by atoms with E-state index in [1.807, 2.05) is 19.3 Å². The summed E-state index contributed by atoms with van der Waals surface area (Å²) in [6, 6.07) is 4.12. The SMILES string of the molecule is COCCCN(C)c1ccc(CCN)cn1. The molecule has 0 saturated carbocycles. The Hall–Kier alpha value is -1.13. The Bertz CT molecular complexity index is 287. The van der Waals surface area contributed by atoms with E-state index in [2.05, 4.69) is 16.0 Å². The normalized spacial score (nSPS) is 10.4. The number of methoxy groups -OCH3 is 1. The molecule has 4 heteroatoms. The van der Waals surface area contributed by atoms with Gasteiger partial charge in [0.05, 0.1) is 0 Å². The highest BCUT2D eigenvalue weighted by Gasteiger charge is 2.01. The smallest absolute Gasteiger partial charge is 0.128 e. The van der Waals surface area contributed by atoms with Gasteiger partial charge in [0.15, 0.2) is 0 Å². The summed E-state index contributed by atoms with van der Waals surface area (Å²) in [6.45, 7) is 2.41. The summed E-state index contributed by atoms with van der Waals surface area (Å²) in [5.41, 5.74) is 6.68. The van der Waals surface area contributed by atoms with E-state index in [-0.39, 0.29) is 0 Å². The molecule has 0 fully saturated rings. The van der Waals surface area contributed by atoms with E-state index in [0.717, 1.165) is 31.8 Å². The Morgan fingerprint density at radius 1 is 1.44 bits per heavy atom. The first-order chi connectivity index (χ1) is 7.77. The maximum atomic E-state index is 5.49. The lowest BCUT2D eigenvalue weighted by atomic mass is 10.2. The first-order valence-corrected chi connectivity index (χ1v) is 5.63. The molecule has 0 radical (unpaired) electrons. The molecular formula is C12H21N3O. The number of ether oxygens (including phenoxy) is 1. The fourth-order valence-electron chi connectivity index (χ4n) is 1.52. The second kappa shape index (κ2) is 7.19. The van der Waals surface area contributed by atoms with Gasteiger partial charge in [0.2, 0.25) is 0 Å². The molecule has 0 aliphatic heterocycles. The van der Waals surface area contributed by atoms with Crippen LogP contribution >= 0.6 is 0 Å². The molecule has 1 aromatic rings. The average Bonchev–Trinajstić information content (AvgIpc) is 2.30. The van der Waals surface area contributed by atoms with Crippen molar-refractivity contribution in [3.8, 4) is 0 Å². The van der Waals surface area contributed by atoms with Crippen molar-refractivity contribution in [2.75, 3.05) is 38.8 Å². The lowest BCUT2D eigenvalue weighted by molar-refractivity contribution is 0.196. The Labute approximate surface area is 97.4 Å². The van der Waals surface area contributed by atoms with Crippen molar-refractivity contribution >= 4 is 5.82 Å². The van der Waals surface area contributed by atoms with Gasteiger partial charge in [-0.3, -0.25) is 0 Å². The highest BCUT2D eigenvalue weighted by molar-refractivity contribution is 5.38. The molecule has 0 atom stereocenters. The van der Waals surface area contributed by atoms with E-state index in [4.69, 9.17) is 10.5 Å². The lowest BCUT2D eigenvalue weighted by Crippen LogP contribution is -2.20. The van der Waals surface area contributed by atoms with Crippen molar-refractivity contribution in [3.63, 3.8) is 0 Å². The van der Waals surface area contributed by atoms with Gasteiger partial charge in [0.25, 0.3) is 0 Å². The number of nitrogens with zero attached hydrogens (tertiary/aromatic N) is 2. The summed E-state index contributed by atoms with van der Waals surface area (Å²) in [5, 5.41) is 0. The first kappa shape index (κ1) is 12.9. The minimum absolute atomic E-state index is 0.671. The van der Waals surface area contributed by atoms with E-state index in [9.17, 15) is 0 Å². The number of hydrogen-bond acceptors (Lipinski definition) is 4. The highest BCUT2D eigenvalue weighted by Crippen LogP contribution is 2.10. The summed E-state index contributed by atoms with van der Waals surface area (Å²) in [4.78, 5) is 6.54. The molecule has 16 heavy (non-hydrogen) atoms. The molecule has 0 aromatic carbocycles. The van der Waals surface area contributed by atoms with Gasteiger partial charge in [-0.15, -0.1) is 0 Å². The summed E-state index contributed by atoms with van der Waals surface area (Å²) in [7, 11) is 3.76. The van der Waals surface area contributed by atoms with Crippen LogP contribution in [0.2, 0.25) is 0 Å². The van der Waals surface area contributed by atoms with E-state index in [0.29, 0.717) is 6.54 Å². The minimum atomic E-state index is 0.671. The molecule has 4 nitrogen and oxygen atoms in total. The molecule has 90 valence electrons. The number of hydrogen-bond donors (Lipinski definition) is 1. The second-order valence-electron chi connectivity index (χ2n) is 3.83. The van der Waals surface area contributed by atoms with Gasteiger partial charge in [-0.05, 0) is 31.0 Å². The van der Waals surface area contributed by atoms with Crippen LogP contribution in [-0.4, -0.2) is 38.8 Å². The van der Waals surface area contributed by atoms with Gasteiger partial charge in [0.1, 0.15) is 5.82 Å². The Kier molecular flexibility index (Phi) is 5.82. The van der Waals surface area contributed by atoms with Crippen LogP contribution in [0.15, 0.2) is 18.3 Å². The summed E-state index contributed by atoms with van der Waals surface area (Å²) in [6.07, 6.45) is 3.80. The predicted molar refractivity (Wildman–Crippen MR) is 66.8 cm³/mol. The molecule has 0 aliphatic rings. The van der Waals surface area contributed by atoms with Crippen LogP contribution in [-0.2, 0) is 11.2 Å². The molecule has 2 N–H and O–H groups in total. The summed E-state index contributed by atoms with van der Waals surface area (Å²) >= 11 is 0. The molecule has 0 aliphatic carbocycles. The predicted octanol–water partition coefficient (Wildman–Crippen LogP) is 1.06. The molecule has 1 heterocycles. The van der Waals surface area contributed by atoms with Crippen molar-refractivity contribution in [1.29, 1.82) is 0 Å². The molecule has 0 amide bonds. The topological polar surface area (TPSA) is 51.4 Å². The van der Waals surface area contributed by atoms with Crippen LogP contribution in [0.25, 0.3) is 0 Å². The number of anilines is 1. The zero-order valence-corrected chi connectivity index (χ0v) is 10.1. The molecular weight excluding hydrogens is 202 g/mol. The third-order valence-electron chi connectivity index (χ3n) is 2.48. The monoisotopic (exact) mass is 223 g/mol. The Balaban J connectivity index is 2.46. The van der Waals surface area contributed by atoms with Crippen LogP contribution < -0.4 is 10.6 Å². The molecule has 0 spiro atoms. The molecule has 1 aromatic heterocycles. The molecule has 0 unspecified atom stereocenters. The Morgan fingerprint density at radius 2 is 2.25 bits per heavy atom. The molecule has 0 bridgehead atoms. The molecule has 1 rings (SSSR count). The maximum Gasteiger partial charge on any atom is 0.128 e. The van der Waals surface area contributed by atoms with Crippen molar-refractivity contribution in [2.24, 2.45) is 5.73 Å². The number of aromatic nitrogens is 1. The van der Waals surface area contributed by atoms with Gasteiger partial charge >= 0.3 is 0 Å². The standard InChI is InChI=1S/C12H21N3O/c1-15(8-3-9-16-2)12-5-4-11(6-7-13)10-14-12/h4-5,10H,3,6-9,13H2,1-2H3. The largest absolute Gasteiger partial charge is 0.385 e. The number of rotatable bonds is 7. The quantitative estimate of drug-likeness (QED) is 0.702. The second-order valence-corrected chi connectivity index (χ2v) is 3.83.